The van der Waals surface area contributed by atoms with Gasteiger partial charge >= 0.3 is 0 Å². The molecule has 6 heteroatoms. The van der Waals surface area contributed by atoms with Gasteiger partial charge in [0.15, 0.2) is 11.6 Å². The molecule has 0 spiro atoms. The number of hydrogen-bond acceptors (Lipinski definition) is 2. The van der Waals surface area contributed by atoms with Gasteiger partial charge in [-0.15, -0.1) is 12.4 Å². The average Bonchev–Trinajstić information content (AvgIpc) is 2.41. The van der Waals surface area contributed by atoms with Gasteiger partial charge in [-0.05, 0) is 31.5 Å². The molecule has 106 valence electrons. The highest BCUT2D eigenvalue weighted by Crippen LogP contribution is 2.16. The van der Waals surface area contributed by atoms with Gasteiger partial charge in [0.05, 0.1) is 5.56 Å². The quantitative estimate of drug-likeness (QED) is 0.906. The summed E-state index contributed by atoms with van der Waals surface area (Å²) >= 11 is 0. The van der Waals surface area contributed by atoms with Crippen LogP contribution in [0, 0.1) is 11.6 Å². The molecule has 0 saturated carbocycles. The van der Waals surface area contributed by atoms with Crippen LogP contribution in [0.25, 0.3) is 0 Å². The van der Waals surface area contributed by atoms with E-state index in [0.717, 1.165) is 25.5 Å². The van der Waals surface area contributed by atoms with Crippen LogP contribution in [0.2, 0.25) is 0 Å². The second kappa shape index (κ2) is 6.82. The summed E-state index contributed by atoms with van der Waals surface area (Å²) < 4.78 is 26.6. The van der Waals surface area contributed by atoms with Crippen molar-refractivity contribution in [3.63, 3.8) is 0 Å². The second-order valence-corrected chi connectivity index (χ2v) is 4.52. The lowest BCUT2D eigenvalue weighted by Crippen LogP contribution is -2.46. The molecule has 1 saturated heterocycles. The minimum atomic E-state index is -1.07. The molecule has 1 aromatic carbocycles. The molecule has 1 heterocycles. The molecule has 0 bridgehead atoms. The first-order chi connectivity index (χ1) is 8.61. The molecule has 1 aliphatic heterocycles. The highest BCUT2D eigenvalue weighted by Gasteiger charge is 2.25. The normalized spacial score (nSPS) is 18.6. The Morgan fingerprint density at radius 2 is 2.16 bits per heavy atom. The predicted molar refractivity (Wildman–Crippen MR) is 71.6 cm³/mol. The van der Waals surface area contributed by atoms with Crippen molar-refractivity contribution in [2.45, 2.75) is 18.9 Å². The molecule has 1 fully saturated rings. The summed E-state index contributed by atoms with van der Waals surface area (Å²) in [5.41, 5.74) is -0.205. The Bertz CT molecular complexity index is 450. The number of piperidine rings is 1. The van der Waals surface area contributed by atoms with E-state index >= 15 is 0 Å². The standard InChI is InChI=1S/C13H16F2N2O.ClH/c1-17(9-4-3-7-16-8-9)13(18)10-5-2-6-11(14)12(10)15;/h2,5-6,9,16H,3-4,7-8H2,1H3;1H/t9-;/m1./s1. The Morgan fingerprint density at radius 3 is 2.79 bits per heavy atom. The molecule has 1 amide bonds. The van der Waals surface area contributed by atoms with Gasteiger partial charge in [0.1, 0.15) is 0 Å². The zero-order valence-electron chi connectivity index (χ0n) is 10.7. The molecule has 1 N–H and O–H groups in total. The van der Waals surface area contributed by atoms with E-state index in [9.17, 15) is 13.6 Å². The van der Waals surface area contributed by atoms with Gasteiger partial charge in [0.2, 0.25) is 0 Å². The van der Waals surface area contributed by atoms with Crippen molar-refractivity contribution in [3.8, 4) is 0 Å². The lowest BCUT2D eigenvalue weighted by Gasteiger charge is -2.31. The Morgan fingerprint density at radius 1 is 1.42 bits per heavy atom. The van der Waals surface area contributed by atoms with E-state index in [1.165, 1.54) is 17.0 Å². The maximum absolute atomic E-state index is 13.5. The fourth-order valence-electron chi connectivity index (χ4n) is 2.19. The van der Waals surface area contributed by atoms with E-state index in [4.69, 9.17) is 0 Å². The molecule has 1 atom stereocenters. The number of nitrogens with one attached hydrogen (secondary N) is 1. The Balaban J connectivity index is 0.00000180. The smallest absolute Gasteiger partial charge is 0.256 e. The molecule has 0 unspecified atom stereocenters. The number of carbonyl (C=O) groups excluding carboxylic acids is 1. The number of benzene rings is 1. The van der Waals surface area contributed by atoms with Crippen LogP contribution in [0.15, 0.2) is 18.2 Å². The zero-order valence-corrected chi connectivity index (χ0v) is 11.5. The van der Waals surface area contributed by atoms with E-state index in [0.29, 0.717) is 6.54 Å². The summed E-state index contributed by atoms with van der Waals surface area (Å²) in [7, 11) is 1.63. The molecule has 0 radical (unpaired) electrons. The summed E-state index contributed by atoms with van der Waals surface area (Å²) in [6.45, 7) is 1.63. The minimum absolute atomic E-state index is 0. The Labute approximate surface area is 117 Å². The maximum atomic E-state index is 13.5. The Hall–Kier alpha value is -1.20. The molecule has 1 aliphatic rings. The monoisotopic (exact) mass is 290 g/mol. The van der Waals surface area contributed by atoms with Crippen LogP contribution in [-0.4, -0.2) is 37.0 Å². The van der Waals surface area contributed by atoms with Gasteiger partial charge in [-0.1, -0.05) is 6.07 Å². The SMILES string of the molecule is CN(C(=O)c1cccc(F)c1F)[C@@H]1CCCNC1.Cl. The third-order valence-electron chi connectivity index (χ3n) is 3.32. The van der Waals surface area contributed by atoms with Crippen molar-refractivity contribution in [3.05, 3.63) is 35.4 Å². The first-order valence-electron chi connectivity index (χ1n) is 6.03. The molecule has 0 aromatic heterocycles. The first kappa shape index (κ1) is 15.9. The van der Waals surface area contributed by atoms with Crippen LogP contribution >= 0.6 is 12.4 Å². The maximum Gasteiger partial charge on any atom is 0.256 e. The molecule has 3 nitrogen and oxygen atoms in total. The summed E-state index contributed by atoms with van der Waals surface area (Å²) in [5, 5.41) is 3.19. The first-order valence-corrected chi connectivity index (χ1v) is 6.03. The molecule has 2 rings (SSSR count). The van der Waals surface area contributed by atoms with E-state index in [-0.39, 0.29) is 24.0 Å². The topological polar surface area (TPSA) is 32.3 Å². The fraction of sp³-hybridized carbons (Fsp3) is 0.462. The zero-order chi connectivity index (χ0) is 13.1. The van der Waals surface area contributed by atoms with Crippen molar-refractivity contribution in [2.75, 3.05) is 20.1 Å². The van der Waals surface area contributed by atoms with Crippen molar-refractivity contribution < 1.29 is 13.6 Å². The van der Waals surface area contributed by atoms with Crippen molar-refractivity contribution in [1.82, 2.24) is 10.2 Å². The molecule has 19 heavy (non-hydrogen) atoms. The highest BCUT2D eigenvalue weighted by atomic mass is 35.5. The molecule has 1 aromatic rings. The van der Waals surface area contributed by atoms with Gasteiger partial charge < -0.3 is 10.2 Å². The van der Waals surface area contributed by atoms with Gasteiger partial charge in [-0.3, -0.25) is 4.79 Å². The number of amides is 1. The van der Waals surface area contributed by atoms with Crippen molar-refractivity contribution >= 4 is 18.3 Å². The third-order valence-corrected chi connectivity index (χ3v) is 3.32. The number of likely N-dealkylation sites (N-methyl/N-ethyl adjacent to an activating group) is 1. The predicted octanol–water partition coefficient (Wildman–Crippen LogP) is 2.21. The summed E-state index contributed by atoms with van der Waals surface area (Å²) in [4.78, 5) is 13.6. The van der Waals surface area contributed by atoms with E-state index in [1.54, 1.807) is 7.05 Å². The Kier molecular flexibility index (Phi) is 5.69. The van der Waals surface area contributed by atoms with Crippen LogP contribution < -0.4 is 5.32 Å². The van der Waals surface area contributed by atoms with Crippen LogP contribution in [0.5, 0.6) is 0 Å². The van der Waals surface area contributed by atoms with Crippen LogP contribution in [0.3, 0.4) is 0 Å². The molecular formula is C13H17ClF2N2O. The summed E-state index contributed by atoms with van der Waals surface area (Å²) in [6.07, 6.45) is 1.86. The van der Waals surface area contributed by atoms with E-state index in [1.807, 2.05) is 0 Å². The number of hydrogen-bond donors (Lipinski definition) is 1. The third kappa shape index (κ3) is 3.42. The van der Waals surface area contributed by atoms with Crippen LogP contribution in [0.1, 0.15) is 23.2 Å². The number of carbonyl (C=O) groups is 1. The average molecular weight is 291 g/mol. The lowest BCUT2D eigenvalue weighted by atomic mass is 10.0. The van der Waals surface area contributed by atoms with Crippen LogP contribution in [-0.2, 0) is 0 Å². The van der Waals surface area contributed by atoms with Gasteiger partial charge in [0.25, 0.3) is 5.91 Å². The van der Waals surface area contributed by atoms with E-state index in [2.05, 4.69) is 5.32 Å². The van der Waals surface area contributed by atoms with E-state index < -0.39 is 17.5 Å². The minimum Gasteiger partial charge on any atom is -0.337 e. The van der Waals surface area contributed by atoms with Crippen LogP contribution in [0.4, 0.5) is 8.78 Å². The van der Waals surface area contributed by atoms with Gasteiger partial charge in [0, 0.05) is 19.6 Å². The number of rotatable bonds is 2. The molecular weight excluding hydrogens is 274 g/mol. The second-order valence-electron chi connectivity index (χ2n) is 4.52. The van der Waals surface area contributed by atoms with Crippen molar-refractivity contribution in [1.29, 1.82) is 0 Å². The van der Waals surface area contributed by atoms with Gasteiger partial charge in [-0.2, -0.15) is 0 Å². The fourth-order valence-corrected chi connectivity index (χ4v) is 2.19. The highest BCUT2D eigenvalue weighted by molar-refractivity contribution is 5.94. The van der Waals surface area contributed by atoms with Crippen molar-refractivity contribution in [2.24, 2.45) is 0 Å². The van der Waals surface area contributed by atoms with Gasteiger partial charge in [-0.25, -0.2) is 8.78 Å². The number of nitrogens with zero attached hydrogens (tertiary/aromatic N) is 1. The lowest BCUT2D eigenvalue weighted by molar-refractivity contribution is 0.0702. The summed E-state index contributed by atoms with van der Waals surface area (Å²) in [6, 6.07) is 3.70. The largest absolute Gasteiger partial charge is 0.337 e. The summed E-state index contributed by atoms with van der Waals surface area (Å²) in [5.74, 6) is -2.53. The number of halogens is 3. The molecule has 0 aliphatic carbocycles.